The van der Waals surface area contributed by atoms with Crippen molar-refractivity contribution >= 4 is 5.97 Å². The van der Waals surface area contributed by atoms with Crippen LogP contribution in [0, 0.1) is 5.92 Å². The van der Waals surface area contributed by atoms with Gasteiger partial charge in [0.25, 0.3) is 0 Å². The molecule has 0 aliphatic carbocycles. The number of ether oxygens (including phenoxy) is 1. The standard InChI is InChI=1S/C17H32O2/c1-6-9-11-12-14-15(13-10-7-2)17(4,5)19-16(18)8-3/h8,15H,3,6-7,9-14H2,1-2,4-5H3. The Hall–Kier alpha value is -0.790. The van der Waals surface area contributed by atoms with E-state index in [1.54, 1.807) is 0 Å². The highest BCUT2D eigenvalue weighted by Crippen LogP contribution is 2.31. The Balaban J connectivity index is 4.42. The maximum absolute atomic E-state index is 11.4. The van der Waals surface area contributed by atoms with Crippen LogP contribution in [-0.4, -0.2) is 11.6 Å². The SMILES string of the molecule is C=CC(=O)OC(C)(C)C(CCCC)CCCCCC. The van der Waals surface area contributed by atoms with E-state index in [1.165, 1.54) is 44.6 Å². The van der Waals surface area contributed by atoms with E-state index >= 15 is 0 Å². The normalized spacial score (nSPS) is 13.1. The smallest absolute Gasteiger partial charge is 0.330 e. The van der Waals surface area contributed by atoms with Gasteiger partial charge in [-0.15, -0.1) is 0 Å². The summed E-state index contributed by atoms with van der Waals surface area (Å²) in [5, 5.41) is 0. The second kappa shape index (κ2) is 10.1. The molecular formula is C17H32O2. The first-order chi connectivity index (χ1) is 8.97. The predicted octanol–water partition coefficient (Wildman–Crippen LogP) is 5.27. The van der Waals surface area contributed by atoms with Crippen LogP contribution in [0.25, 0.3) is 0 Å². The summed E-state index contributed by atoms with van der Waals surface area (Å²) in [4.78, 5) is 11.4. The van der Waals surface area contributed by atoms with Crippen molar-refractivity contribution in [1.29, 1.82) is 0 Å². The molecule has 0 N–H and O–H groups in total. The van der Waals surface area contributed by atoms with Gasteiger partial charge in [0, 0.05) is 6.08 Å². The Bertz CT molecular complexity index is 256. The van der Waals surface area contributed by atoms with Crippen LogP contribution in [0.1, 0.15) is 79.1 Å². The van der Waals surface area contributed by atoms with Gasteiger partial charge in [0.1, 0.15) is 5.60 Å². The molecule has 19 heavy (non-hydrogen) atoms. The van der Waals surface area contributed by atoms with Crippen molar-refractivity contribution in [3.8, 4) is 0 Å². The number of carbonyl (C=O) groups excluding carboxylic acids is 1. The quantitative estimate of drug-likeness (QED) is 0.290. The molecule has 0 aromatic rings. The van der Waals surface area contributed by atoms with Gasteiger partial charge in [0.05, 0.1) is 0 Å². The molecule has 2 heteroatoms. The summed E-state index contributed by atoms with van der Waals surface area (Å²) in [5.74, 6) is 0.147. The van der Waals surface area contributed by atoms with Gasteiger partial charge in [0.2, 0.25) is 0 Å². The highest BCUT2D eigenvalue weighted by Gasteiger charge is 2.31. The molecular weight excluding hydrogens is 236 g/mol. The van der Waals surface area contributed by atoms with Crippen LogP contribution in [0.15, 0.2) is 12.7 Å². The molecule has 0 aliphatic rings. The summed E-state index contributed by atoms with van der Waals surface area (Å²) < 4.78 is 5.55. The summed E-state index contributed by atoms with van der Waals surface area (Å²) in [5.41, 5.74) is -0.382. The highest BCUT2D eigenvalue weighted by atomic mass is 16.6. The first kappa shape index (κ1) is 18.2. The zero-order chi connectivity index (χ0) is 14.7. The zero-order valence-electron chi connectivity index (χ0n) is 13.3. The third-order valence-corrected chi connectivity index (χ3v) is 3.83. The summed E-state index contributed by atoms with van der Waals surface area (Å²) in [6.45, 7) is 12.0. The van der Waals surface area contributed by atoms with E-state index in [1.807, 2.05) is 13.8 Å². The summed E-state index contributed by atoms with van der Waals surface area (Å²) in [7, 11) is 0. The van der Waals surface area contributed by atoms with Gasteiger partial charge in [-0.2, -0.15) is 0 Å². The maximum Gasteiger partial charge on any atom is 0.330 e. The number of hydrogen-bond donors (Lipinski definition) is 0. The molecule has 0 rings (SSSR count). The third-order valence-electron chi connectivity index (χ3n) is 3.83. The first-order valence-electron chi connectivity index (χ1n) is 7.83. The van der Waals surface area contributed by atoms with Crippen LogP contribution in [0.3, 0.4) is 0 Å². The fourth-order valence-corrected chi connectivity index (χ4v) is 2.49. The Morgan fingerprint density at radius 1 is 1.11 bits per heavy atom. The molecule has 0 aliphatic heterocycles. The topological polar surface area (TPSA) is 26.3 Å². The lowest BCUT2D eigenvalue weighted by Crippen LogP contribution is -2.36. The Kier molecular flexibility index (Phi) is 9.63. The maximum atomic E-state index is 11.4. The van der Waals surface area contributed by atoms with E-state index in [0.717, 1.165) is 12.8 Å². The first-order valence-corrected chi connectivity index (χ1v) is 7.83. The van der Waals surface area contributed by atoms with Crippen LogP contribution in [0.4, 0.5) is 0 Å². The van der Waals surface area contributed by atoms with Crippen molar-refractivity contribution in [2.45, 2.75) is 84.7 Å². The average molecular weight is 268 g/mol. The molecule has 2 nitrogen and oxygen atoms in total. The van der Waals surface area contributed by atoms with E-state index in [0.29, 0.717) is 5.92 Å². The van der Waals surface area contributed by atoms with Gasteiger partial charge in [-0.3, -0.25) is 0 Å². The molecule has 0 amide bonds. The molecule has 0 saturated heterocycles. The summed E-state index contributed by atoms with van der Waals surface area (Å²) >= 11 is 0. The molecule has 112 valence electrons. The molecule has 0 fully saturated rings. The van der Waals surface area contributed by atoms with Crippen molar-refractivity contribution in [2.75, 3.05) is 0 Å². The lowest BCUT2D eigenvalue weighted by atomic mass is 9.82. The third kappa shape index (κ3) is 8.07. The number of rotatable bonds is 11. The van der Waals surface area contributed by atoms with Gasteiger partial charge in [-0.25, -0.2) is 4.79 Å². The van der Waals surface area contributed by atoms with Gasteiger partial charge in [-0.05, 0) is 32.6 Å². The van der Waals surface area contributed by atoms with Crippen molar-refractivity contribution in [2.24, 2.45) is 5.92 Å². The van der Waals surface area contributed by atoms with Crippen molar-refractivity contribution in [3.63, 3.8) is 0 Å². The molecule has 0 saturated carbocycles. The van der Waals surface area contributed by atoms with Gasteiger partial charge in [-0.1, -0.05) is 59.0 Å². The van der Waals surface area contributed by atoms with Crippen LogP contribution in [0.5, 0.6) is 0 Å². The molecule has 0 aromatic carbocycles. The van der Waals surface area contributed by atoms with Crippen LogP contribution < -0.4 is 0 Å². The molecule has 1 atom stereocenters. The lowest BCUT2D eigenvalue weighted by molar-refractivity contribution is -0.156. The molecule has 0 aromatic heterocycles. The summed E-state index contributed by atoms with van der Waals surface area (Å²) in [6, 6.07) is 0. The van der Waals surface area contributed by atoms with Crippen LogP contribution >= 0.6 is 0 Å². The van der Waals surface area contributed by atoms with E-state index in [9.17, 15) is 4.79 Å². The van der Waals surface area contributed by atoms with Crippen LogP contribution in [-0.2, 0) is 9.53 Å². The zero-order valence-corrected chi connectivity index (χ0v) is 13.3. The van der Waals surface area contributed by atoms with E-state index in [2.05, 4.69) is 20.4 Å². The Morgan fingerprint density at radius 2 is 1.68 bits per heavy atom. The monoisotopic (exact) mass is 268 g/mol. The Labute approximate surface area is 119 Å². The molecule has 0 bridgehead atoms. The van der Waals surface area contributed by atoms with Crippen molar-refractivity contribution < 1.29 is 9.53 Å². The van der Waals surface area contributed by atoms with Gasteiger partial charge >= 0.3 is 5.97 Å². The van der Waals surface area contributed by atoms with E-state index in [-0.39, 0.29) is 11.6 Å². The fourth-order valence-electron chi connectivity index (χ4n) is 2.49. The molecule has 0 radical (unpaired) electrons. The van der Waals surface area contributed by atoms with Crippen LogP contribution in [0.2, 0.25) is 0 Å². The minimum Gasteiger partial charge on any atom is -0.456 e. The summed E-state index contributed by atoms with van der Waals surface area (Å²) in [6.07, 6.45) is 11.0. The van der Waals surface area contributed by atoms with Gasteiger partial charge < -0.3 is 4.74 Å². The Morgan fingerprint density at radius 3 is 2.21 bits per heavy atom. The van der Waals surface area contributed by atoms with Crippen molar-refractivity contribution in [1.82, 2.24) is 0 Å². The highest BCUT2D eigenvalue weighted by molar-refractivity contribution is 5.81. The molecule has 0 heterocycles. The second-order valence-corrected chi connectivity index (χ2v) is 5.92. The van der Waals surface area contributed by atoms with Gasteiger partial charge in [0.15, 0.2) is 0 Å². The molecule has 0 spiro atoms. The predicted molar refractivity (Wildman–Crippen MR) is 82.1 cm³/mol. The van der Waals surface area contributed by atoms with E-state index in [4.69, 9.17) is 4.74 Å². The lowest BCUT2D eigenvalue weighted by Gasteiger charge is -2.34. The molecule has 1 unspecified atom stereocenters. The number of carbonyl (C=O) groups is 1. The van der Waals surface area contributed by atoms with E-state index < -0.39 is 0 Å². The minimum absolute atomic E-state index is 0.306. The number of unbranched alkanes of at least 4 members (excludes halogenated alkanes) is 4. The second-order valence-electron chi connectivity index (χ2n) is 5.92. The van der Waals surface area contributed by atoms with Crippen molar-refractivity contribution in [3.05, 3.63) is 12.7 Å². The number of esters is 1. The number of hydrogen-bond acceptors (Lipinski definition) is 2. The largest absolute Gasteiger partial charge is 0.456 e. The fraction of sp³-hybridized carbons (Fsp3) is 0.824. The average Bonchev–Trinajstić information content (AvgIpc) is 2.37. The minimum atomic E-state index is -0.382.